The first-order chi connectivity index (χ1) is 15.4. The molecule has 0 aliphatic carbocycles. The number of carbonyl (C=O) groups is 2. The molecule has 172 valence electrons. The standard InChI is InChI=1S/C23H29ClN4O4/c1-3-16(2)13-19(23(31)25-21-9-11-27(26-21)10-6-12-29)28-15-17(14-22(28)30)32-20-8-5-4-7-18(20)24/h4-5,7-9,11,14,16,19,29H,3,6,10,12-13,15H2,1-2H3,(H,25,26,31). The number of aliphatic hydroxyl groups excluding tert-OH is 1. The second kappa shape index (κ2) is 11.2. The average molecular weight is 461 g/mol. The molecule has 8 nitrogen and oxygen atoms in total. The summed E-state index contributed by atoms with van der Waals surface area (Å²) in [4.78, 5) is 27.4. The van der Waals surface area contributed by atoms with Crippen LogP contribution in [0.5, 0.6) is 5.75 Å². The van der Waals surface area contributed by atoms with Gasteiger partial charge < -0.3 is 20.1 Å². The van der Waals surface area contributed by atoms with Gasteiger partial charge in [0.15, 0.2) is 5.82 Å². The molecule has 9 heteroatoms. The summed E-state index contributed by atoms with van der Waals surface area (Å²) >= 11 is 6.16. The van der Waals surface area contributed by atoms with Gasteiger partial charge in [0.25, 0.3) is 5.91 Å². The summed E-state index contributed by atoms with van der Waals surface area (Å²) in [5, 5.41) is 16.6. The second-order valence-electron chi connectivity index (χ2n) is 7.90. The van der Waals surface area contributed by atoms with Gasteiger partial charge in [-0.15, -0.1) is 0 Å². The van der Waals surface area contributed by atoms with Gasteiger partial charge in [-0.05, 0) is 30.9 Å². The van der Waals surface area contributed by atoms with E-state index in [1.165, 1.54) is 11.0 Å². The highest BCUT2D eigenvalue weighted by Crippen LogP contribution is 2.28. The van der Waals surface area contributed by atoms with Crippen molar-refractivity contribution in [1.29, 1.82) is 0 Å². The maximum absolute atomic E-state index is 13.2. The van der Waals surface area contributed by atoms with Crippen LogP contribution in [-0.4, -0.2) is 50.8 Å². The molecule has 3 rings (SSSR count). The molecule has 2 aromatic rings. The molecular formula is C23H29ClN4O4. The second-order valence-corrected chi connectivity index (χ2v) is 8.31. The maximum Gasteiger partial charge on any atom is 0.251 e. The fraction of sp³-hybridized carbons (Fsp3) is 0.435. The van der Waals surface area contributed by atoms with Crippen LogP contribution < -0.4 is 10.1 Å². The van der Waals surface area contributed by atoms with Gasteiger partial charge in [0, 0.05) is 31.5 Å². The minimum absolute atomic E-state index is 0.0706. The highest BCUT2D eigenvalue weighted by Gasteiger charge is 2.35. The summed E-state index contributed by atoms with van der Waals surface area (Å²) < 4.78 is 7.49. The molecule has 2 atom stereocenters. The predicted octanol–water partition coefficient (Wildman–Crippen LogP) is 3.47. The number of nitrogens with zero attached hydrogens (tertiary/aromatic N) is 3. The number of ether oxygens (including phenoxy) is 1. The molecule has 1 aliphatic rings. The first-order valence-corrected chi connectivity index (χ1v) is 11.2. The highest BCUT2D eigenvalue weighted by molar-refractivity contribution is 6.32. The van der Waals surface area contributed by atoms with Crippen molar-refractivity contribution in [2.75, 3.05) is 18.5 Å². The fourth-order valence-electron chi connectivity index (χ4n) is 3.43. The van der Waals surface area contributed by atoms with Crippen molar-refractivity contribution in [3.8, 4) is 5.75 Å². The van der Waals surface area contributed by atoms with E-state index in [1.807, 2.05) is 0 Å². The molecule has 2 N–H and O–H groups in total. The highest BCUT2D eigenvalue weighted by atomic mass is 35.5. The van der Waals surface area contributed by atoms with E-state index in [4.69, 9.17) is 21.4 Å². The van der Waals surface area contributed by atoms with Gasteiger partial charge in [0.2, 0.25) is 5.91 Å². The topological polar surface area (TPSA) is 96.7 Å². The number of benzene rings is 1. The van der Waals surface area contributed by atoms with Crippen LogP contribution in [0.4, 0.5) is 5.82 Å². The molecule has 0 spiro atoms. The molecule has 0 fully saturated rings. The number of carbonyl (C=O) groups excluding carboxylic acids is 2. The molecule has 2 amide bonds. The SMILES string of the molecule is CCC(C)CC(C(=O)Nc1ccn(CCCO)n1)N1CC(Oc2ccccc2Cl)=CC1=O. The molecule has 0 radical (unpaired) electrons. The summed E-state index contributed by atoms with van der Waals surface area (Å²) in [7, 11) is 0. The van der Waals surface area contributed by atoms with Crippen LogP contribution in [0.2, 0.25) is 5.02 Å². The molecule has 0 bridgehead atoms. The number of halogens is 1. The fourth-order valence-corrected chi connectivity index (χ4v) is 3.60. The van der Waals surface area contributed by atoms with E-state index in [1.54, 1.807) is 41.2 Å². The largest absolute Gasteiger partial charge is 0.458 e. The van der Waals surface area contributed by atoms with Crippen LogP contribution in [-0.2, 0) is 16.1 Å². The number of nitrogens with one attached hydrogen (secondary N) is 1. The third-order valence-corrected chi connectivity index (χ3v) is 5.72. The Labute approximate surface area is 192 Å². The summed E-state index contributed by atoms with van der Waals surface area (Å²) in [5.41, 5.74) is 0. The molecule has 0 saturated heterocycles. The van der Waals surface area contributed by atoms with Gasteiger partial charge in [-0.25, -0.2) is 0 Å². The molecule has 1 aromatic heterocycles. The van der Waals surface area contributed by atoms with Gasteiger partial charge in [0.1, 0.15) is 17.6 Å². The molecule has 1 aliphatic heterocycles. The lowest BCUT2D eigenvalue weighted by atomic mass is 9.97. The number of hydrogen-bond acceptors (Lipinski definition) is 5. The van der Waals surface area contributed by atoms with E-state index >= 15 is 0 Å². The Bertz CT molecular complexity index is 974. The van der Waals surface area contributed by atoms with Gasteiger partial charge in [0.05, 0.1) is 11.6 Å². The molecule has 2 unspecified atom stereocenters. The summed E-state index contributed by atoms with van der Waals surface area (Å²) in [6, 6.07) is 8.08. The Morgan fingerprint density at radius 2 is 2.12 bits per heavy atom. The third kappa shape index (κ3) is 6.11. The van der Waals surface area contributed by atoms with E-state index in [0.29, 0.717) is 41.7 Å². The third-order valence-electron chi connectivity index (χ3n) is 5.41. The van der Waals surface area contributed by atoms with Crippen molar-refractivity contribution in [1.82, 2.24) is 14.7 Å². The maximum atomic E-state index is 13.2. The van der Waals surface area contributed by atoms with Gasteiger partial charge >= 0.3 is 0 Å². The minimum Gasteiger partial charge on any atom is -0.458 e. The number of hydrogen-bond donors (Lipinski definition) is 2. The van der Waals surface area contributed by atoms with Crippen LogP contribution in [0.3, 0.4) is 0 Å². The van der Waals surface area contributed by atoms with E-state index in [0.717, 1.165) is 6.42 Å². The number of aromatic nitrogens is 2. The monoisotopic (exact) mass is 460 g/mol. The van der Waals surface area contributed by atoms with Crippen molar-refractivity contribution in [2.24, 2.45) is 5.92 Å². The number of para-hydroxylation sites is 1. The number of amides is 2. The lowest BCUT2D eigenvalue weighted by Gasteiger charge is -2.28. The lowest BCUT2D eigenvalue weighted by Crippen LogP contribution is -2.46. The molecular weight excluding hydrogens is 432 g/mol. The van der Waals surface area contributed by atoms with E-state index in [9.17, 15) is 9.59 Å². The van der Waals surface area contributed by atoms with E-state index in [-0.39, 0.29) is 30.9 Å². The molecule has 1 aromatic carbocycles. The van der Waals surface area contributed by atoms with Crippen molar-refractivity contribution >= 4 is 29.2 Å². The normalized spacial score (nSPS) is 15.4. The van der Waals surface area contributed by atoms with Gasteiger partial charge in [-0.3, -0.25) is 14.3 Å². The first-order valence-electron chi connectivity index (χ1n) is 10.8. The Balaban J connectivity index is 1.71. The Morgan fingerprint density at radius 3 is 2.84 bits per heavy atom. The average Bonchev–Trinajstić information content (AvgIpc) is 3.37. The lowest BCUT2D eigenvalue weighted by molar-refractivity contribution is -0.134. The van der Waals surface area contributed by atoms with Crippen LogP contribution in [0, 0.1) is 5.92 Å². The Morgan fingerprint density at radius 1 is 1.34 bits per heavy atom. The Hall–Kier alpha value is -2.84. The van der Waals surface area contributed by atoms with Crippen LogP contribution in [0.1, 0.15) is 33.1 Å². The van der Waals surface area contributed by atoms with E-state index < -0.39 is 6.04 Å². The quantitative estimate of drug-likeness (QED) is 0.535. The summed E-state index contributed by atoms with van der Waals surface area (Å²) in [5.74, 6) is 0.996. The smallest absolute Gasteiger partial charge is 0.251 e. The van der Waals surface area contributed by atoms with Crippen LogP contribution in [0.15, 0.2) is 48.4 Å². The van der Waals surface area contributed by atoms with Crippen molar-refractivity contribution in [3.05, 3.63) is 53.4 Å². The van der Waals surface area contributed by atoms with E-state index in [2.05, 4.69) is 24.3 Å². The number of rotatable bonds is 11. The molecule has 2 heterocycles. The molecule has 0 saturated carbocycles. The van der Waals surface area contributed by atoms with Crippen LogP contribution >= 0.6 is 11.6 Å². The zero-order valence-electron chi connectivity index (χ0n) is 18.3. The summed E-state index contributed by atoms with van der Waals surface area (Å²) in [6.07, 6.45) is 5.13. The van der Waals surface area contributed by atoms with Crippen molar-refractivity contribution < 1.29 is 19.4 Å². The van der Waals surface area contributed by atoms with Crippen LogP contribution in [0.25, 0.3) is 0 Å². The first kappa shape index (κ1) is 23.8. The number of anilines is 1. The van der Waals surface area contributed by atoms with Gasteiger partial charge in [-0.2, -0.15) is 5.10 Å². The zero-order valence-corrected chi connectivity index (χ0v) is 19.1. The predicted molar refractivity (Wildman–Crippen MR) is 122 cm³/mol. The minimum atomic E-state index is -0.663. The Kier molecular flexibility index (Phi) is 8.30. The summed E-state index contributed by atoms with van der Waals surface area (Å²) in [6.45, 7) is 4.92. The number of aryl methyl sites for hydroxylation is 1. The number of aliphatic hydroxyl groups is 1. The zero-order chi connectivity index (χ0) is 23.1. The van der Waals surface area contributed by atoms with Crippen molar-refractivity contribution in [3.63, 3.8) is 0 Å². The van der Waals surface area contributed by atoms with Crippen molar-refractivity contribution in [2.45, 2.75) is 45.7 Å². The van der Waals surface area contributed by atoms with Gasteiger partial charge in [-0.1, -0.05) is 44.0 Å². The molecule has 32 heavy (non-hydrogen) atoms.